The summed E-state index contributed by atoms with van der Waals surface area (Å²) in [6, 6.07) is 14.2. The molecule has 37 heavy (non-hydrogen) atoms. The lowest BCUT2D eigenvalue weighted by Gasteiger charge is -2.34. The van der Waals surface area contributed by atoms with Crippen molar-refractivity contribution in [2.75, 3.05) is 25.0 Å². The third kappa shape index (κ3) is 7.16. The third-order valence-corrected chi connectivity index (χ3v) is 7.91. The average molecular weight is 510 g/mol. The molecule has 0 radical (unpaired) electrons. The van der Waals surface area contributed by atoms with Crippen molar-refractivity contribution in [3.63, 3.8) is 0 Å². The van der Waals surface area contributed by atoms with E-state index in [4.69, 9.17) is 4.74 Å². The van der Waals surface area contributed by atoms with Gasteiger partial charge in [0, 0.05) is 30.4 Å². The fourth-order valence-electron chi connectivity index (χ4n) is 5.48. The van der Waals surface area contributed by atoms with Crippen LogP contribution in [0.15, 0.2) is 47.6 Å². The molecule has 2 aromatic carbocycles. The molecular weight excluding hydrogens is 469 g/mol. The highest BCUT2D eigenvalue weighted by molar-refractivity contribution is 5.77. The van der Waals surface area contributed by atoms with Gasteiger partial charge in [-0.1, -0.05) is 45.0 Å². The van der Waals surface area contributed by atoms with Crippen LogP contribution in [0, 0.1) is 4.91 Å². The van der Waals surface area contributed by atoms with E-state index in [-0.39, 0.29) is 35.8 Å². The van der Waals surface area contributed by atoms with Crippen LogP contribution < -0.4 is 5.32 Å². The second-order valence-corrected chi connectivity index (χ2v) is 11.5. The van der Waals surface area contributed by atoms with Gasteiger partial charge in [0.1, 0.15) is 19.0 Å². The molecule has 0 unspecified atom stereocenters. The number of nitrogens with zero attached hydrogens (tertiary/aromatic N) is 2. The molecule has 1 N–H and O–H groups in total. The number of nitroso groups, excluding NO2 is 1. The van der Waals surface area contributed by atoms with E-state index in [1.165, 1.54) is 11.1 Å². The number of alkyl halides is 1. The molecular formula is C30H40FN3O3. The molecule has 1 saturated carbocycles. The maximum atomic E-state index is 13.1. The quantitative estimate of drug-likeness (QED) is 0.389. The van der Waals surface area contributed by atoms with Gasteiger partial charge in [-0.25, -0.2) is 4.39 Å². The Morgan fingerprint density at radius 3 is 2.30 bits per heavy atom. The van der Waals surface area contributed by atoms with E-state index < -0.39 is 6.67 Å². The number of carbonyl (C=O) groups excluding carboxylic acids is 1. The lowest BCUT2D eigenvalue weighted by Crippen LogP contribution is -2.41. The molecule has 1 aliphatic heterocycles. The first-order valence-corrected chi connectivity index (χ1v) is 13.6. The summed E-state index contributed by atoms with van der Waals surface area (Å²) in [7, 11) is 0. The second-order valence-electron chi connectivity index (χ2n) is 11.5. The van der Waals surface area contributed by atoms with Crippen LogP contribution in [0.4, 0.5) is 15.8 Å². The topological polar surface area (TPSA) is 71.0 Å². The summed E-state index contributed by atoms with van der Waals surface area (Å²) in [4.78, 5) is 25.5. The van der Waals surface area contributed by atoms with E-state index in [9.17, 15) is 14.1 Å². The Balaban J connectivity index is 1.16. The van der Waals surface area contributed by atoms with Crippen molar-refractivity contribution in [2.24, 2.45) is 5.18 Å². The van der Waals surface area contributed by atoms with Gasteiger partial charge in [-0.15, -0.1) is 4.91 Å². The van der Waals surface area contributed by atoms with Gasteiger partial charge in [0.2, 0.25) is 5.91 Å². The number of nitrogens with one attached hydrogen (secondary N) is 1. The van der Waals surface area contributed by atoms with Crippen molar-refractivity contribution in [3.05, 3.63) is 64.1 Å². The molecule has 0 bridgehead atoms. The molecule has 1 heterocycles. The average Bonchev–Trinajstić information content (AvgIpc) is 2.92. The molecule has 1 aliphatic carbocycles. The lowest BCUT2D eigenvalue weighted by molar-refractivity contribution is -0.139. The first-order chi connectivity index (χ1) is 17.8. The highest BCUT2D eigenvalue weighted by Gasteiger charge is 2.27. The molecule has 2 aromatic rings. The number of benzene rings is 2. The highest BCUT2D eigenvalue weighted by Crippen LogP contribution is 2.31. The monoisotopic (exact) mass is 509 g/mol. The van der Waals surface area contributed by atoms with E-state index in [2.05, 4.69) is 55.5 Å². The van der Waals surface area contributed by atoms with Crippen molar-refractivity contribution in [2.45, 2.75) is 89.4 Å². The standard InChI is InChI=1S/C30H40FN3O3/c1-30(2,3)24-6-4-21(5-7-24)22-14-16-34(17-15-22)29(35)20-37-27-11-8-25(9-12-27)32-26-10-13-28(33-36)23(18-26)19-31/h4-7,10,13,18,22,25,27,32H,8-9,11-12,14-17,19-20H2,1-3H3. The van der Waals surface area contributed by atoms with Crippen LogP contribution in [-0.4, -0.2) is 42.6 Å². The van der Waals surface area contributed by atoms with E-state index in [1.54, 1.807) is 18.2 Å². The zero-order valence-corrected chi connectivity index (χ0v) is 22.3. The number of piperidine rings is 1. The summed E-state index contributed by atoms with van der Waals surface area (Å²) < 4.78 is 19.1. The van der Waals surface area contributed by atoms with Gasteiger partial charge >= 0.3 is 0 Å². The number of anilines is 1. The number of rotatable bonds is 8. The van der Waals surface area contributed by atoms with E-state index in [1.807, 2.05) is 4.90 Å². The molecule has 1 amide bonds. The Kier molecular flexibility index (Phi) is 8.95. The number of carbonyl (C=O) groups is 1. The maximum Gasteiger partial charge on any atom is 0.248 e. The molecule has 1 saturated heterocycles. The predicted molar refractivity (Wildman–Crippen MR) is 146 cm³/mol. The Labute approximate surface area is 219 Å². The lowest BCUT2D eigenvalue weighted by atomic mass is 9.84. The van der Waals surface area contributed by atoms with Crippen molar-refractivity contribution >= 4 is 17.3 Å². The van der Waals surface area contributed by atoms with Crippen LogP contribution >= 0.6 is 0 Å². The van der Waals surface area contributed by atoms with Crippen LogP contribution in [0.3, 0.4) is 0 Å². The number of hydrogen-bond donors (Lipinski definition) is 1. The third-order valence-electron chi connectivity index (χ3n) is 7.91. The molecule has 4 rings (SSSR count). The number of ether oxygens (including phenoxy) is 1. The van der Waals surface area contributed by atoms with Gasteiger partial charge in [0.05, 0.1) is 6.10 Å². The van der Waals surface area contributed by atoms with Crippen LogP contribution in [0.25, 0.3) is 0 Å². The van der Waals surface area contributed by atoms with Gasteiger partial charge in [-0.3, -0.25) is 4.79 Å². The Morgan fingerprint density at radius 1 is 1.03 bits per heavy atom. The first-order valence-electron chi connectivity index (χ1n) is 13.6. The van der Waals surface area contributed by atoms with Crippen molar-refractivity contribution in [1.82, 2.24) is 4.90 Å². The van der Waals surface area contributed by atoms with Crippen LogP contribution in [0.5, 0.6) is 0 Å². The zero-order valence-electron chi connectivity index (χ0n) is 22.3. The molecule has 2 aliphatic rings. The summed E-state index contributed by atoms with van der Waals surface area (Å²) in [6.45, 7) is 7.69. The Bertz CT molecular complexity index is 1050. The minimum Gasteiger partial charge on any atom is -0.382 e. The van der Waals surface area contributed by atoms with E-state index in [0.29, 0.717) is 11.5 Å². The zero-order chi connectivity index (χ0) is 26.4. The normalized spacial score (nSPS) is 21.0. The summed E-state index contributed by atoms with van der Waals surface area (Å²) in [5.41, 5.74) is 4.13. The molecule has 0 spiro atoms. The summed E-state index contributed by atoms with van der Waals surface area (Å²) in [6.07, 6.45) is 5.65. The van der Waals surface area contributed by atoms with E-state index in [0.717, 1.165) is 57.3 Å². The molecule has 0 atom stereocenters. The number of halogens is 1. The maximum absolute atomic E-state index is 13.1. The fourth-order valence-corrected chi connectivity index (χ4v) is 5.48. The van der Waals surface area contributed by atoms with E-state index >= 15 is 0 Å². The minimum atomic E-state index is -0.715. The van der Waals surface area contributed by atoms with Gasteiger partial charge in [-0.05, 0) is 84.4 Å². The SMILES string of the molecule is CC(C)(C)c1ccc(C2CCN(C(=O)COC3CCC(Nc4ccc(N=O)c(CF)c4)CC3)CC2)cc1. The van der Waals surface area contributed by atoms with Gasteiger partial charge in [0.15, 0.2) is 0 Å². The first kappa shape index (κ1) is 27.2. The second kappa shape index (κ2) is 12.2. The van der Waals surface area contributed by atoms with Crippen molar-refractivity contribution in [3.8, 4) is 0 Å². The molecule has 2 fully saturated rings. The molecule has 0 aromatic heterocycles. The number of hydrogen-bond acceptors (Lipinski definition) is 5. The van der Waals surface area contributed by atoms with Crippen molar-refractivity contribution < 1.29 is 13.9 Å². The molecule has 200 valence electrons. The fraction of sp³-hybridized carbons (Fsp3) is 0.567. The largest absolute Gasteiger partial charge is 0.382 e. The Morgan fingerprint density at radius 2 is 1.70 bits per heavy atom. The van der Waals surface area contributed by atoms with Crippen LogP contribution in [-0.2, 0) is 21.6 Å². The summed E-state index contributed by atoms with van der Waals surface area (Å²) in [5, 5.41) is 6.30. The van der Waals surface area contributed by atoms with Crippen molar-refractivity contribution in [1.29, 1.82) is 0 Å². The summed E-state index contributed by atoms with van der Waals surface area (Å²) >= 11 is 0. The smallest absolute Gasteiger partial charge is 0.248 e. The predicted octanol–water partition coefficient (Wildman–Crippen LogP) is 7.00. The van der Waals surface area contributed by atoms with Crippen LogP contribution in [0.2, 0.25) is 0 Å². The highest BCUT2D eigenvalue weighted by atomic mass is 19.1. The van der Waals surface area contributed by atoms with Gasteiger partial charge < -0.3 is 15.0 Å². The molecule has 7 heteroatoms. The Hall–Kier alpha value is -2.80. The minimum absolute atomic E-state index is 0.0870. The number of amides is 1. The summed E-state index contributed by atoms with van der Waals surface area (Å²) in [5.74, 6) is 0.595. The van der Waals surface area contributed by atoms with Gasteiger partial charge in [0.25, 0.3) is 0 Å². The molecule has 6 nitrogen and oxygen atoms in total. The van der Waals surface area contributed by atoms with Gasteiger partial charge in [-0.2, -0.15) is 0 Å². The van der Waals surface area contributed by atoms with Crippen LogP contribution in [0.1, 0.15) is 81.9 Å². The number of likely N-dealkylation sites (tertiary alicyclic amines) is 1.